The summed E-state index contributed by atoms with van der Waals surface area (Å²) in [6.45, 7) is 0.513. The van der Waals surface area contributed by atoms with Crippen LogP contribution >= 0.6 is 11.8 Å². The third-order valence-corrected chi connectivity index (χ3v) is 6.03. The molecule has 2 aromatic carbocycles. The molecular formula is C23H22N4O6S. The minimum Gasteiger partial charge on any atom is -0.495 e. The van der Waals surface area contributed by atoms with Gasteiger partial charge in [0.2, 0.25) is 12.7 Å². The van der Waals surface area contributed by atoms with Gasteiger partial charge in [-0.2, -0.15) is 0 Å². The van der Waals surface area contributed by atoms with Crippen LogP contribution in [0.15, 0.2) is 58.6 Å². The fraction of sp³-hybridized carbons (Fsp3) is 0.217. The Hall–Kier alpha value is -3.99. The third kappa shape index (κ3) is 5.15. The van der Waals surface area contributed by atoms with Gasteiger partial charge in [0.15, 0.2) is 16.7 Å². The van der Waals surface area contributed by atoms with Gasteiger partial charge in [0.1, 0.15) is 11.3 Å². The first-order valence-electron chi connectivity index (χ1n) is 10.2. The molecule has 176 valence electrons. The smallest absolute Gasteiger partial charge is 0.266 e. The zero-order valence-corrected chi connectivity index (χ0v) is 19.3. The lowest BCUT2D eigenvalue weighted by Crippen LogP contribution is -2.30. The first kappa shape index (κ1) is 23.2. The second-order valence-electron chi connectivity index (χ2n) is 7.23. The number of benzene rings is 2. The molecule has 0 unspecified atom stereocenters. The molecule has 3 aromatic rings. The number of nitrogens with one attached hydrogen (secondary N) is 2. The number of aromatic nitrogens is 2. The SMILES string of the molecule is COc1ccccc1NC(=O)c1cnc(SCC(=O)NCc2ccc3c(c2)OCO3)n(C)c1=O. The number of hydrogen-bond donors (Lipinski definition) is 2. The Kier molecular flexibility index (Phi) is 7.02. The van der Waals surface area contributed by atoms with E-state index in [0.717, 1.165) is 17.3 Å². The van der Waals surface area contributed by atoms with Gasteiger partial charge in [-0.15, -0.1) is 0 Å². The van der Waals surface area contributed by atoms with Gasteiger partial charge >= 0.3 is 0 Å². The number of para-hydroxylation sites is 2. The highest BCUT2D eigenvalue weighted by Crippen LogP contribution is 2.32. The molecule has 0 saturated carbocycles. The summed E-state index contributed by atoms with van der Waals surface area (Å²) >= 11 is 1.10. The second kappa shape index (κ2) is 10.3. The summed E-state index contributed by atoms with van der Waals surface area (Å²) in [7, 11) is 2.99. The van der Waals surface area contributed by atoms with E-state index in [4.69, 9.17) is 14.2 Å². The van der Waals surface area contributed by atoms with Crippen molar-refractivity contribution in [2.45, 2.75) is 11.7 Å². The first-order valence-corrected chi connectivity index (χ1v) is 11.2. The number of carbonyl (C=O) groups is 2. The van der Waals surface area contributed by atoms with Gasteiger partial charge in [0.25, 0.3) is 11.5 Å². The second-order valence-corrected chi connectivity index (χ2v) is 8.17. The maximum atomic E-state index is 12.7. The van der Waals surface area contributed by atoms with Crippen molar-refractivity contribution in [2.24, 2.45) is 7.05 Å². The van der Waals surface area contributed by atoms with Crippen molar-refractivity contribution in [2.75, 3.05) is 25.0 Å². The molecule has 4 rings (SSSR count). The molecule has 2 N–H and O–H groups in total. The van der Waals surface area contributed by atoms with Crippen LogP contribution in [0.3, 0.4) is 0 Å². The number of amides is 2. The highest BCUT2D eigenvalue weighted by molar-refractivity contribution is 7.99. The van der Waals surface area contributed by atoms with Crippen molar-refractivity contribution in [3.63, 3.8) is 0 Å². The highest BCUT2D eigenvalue weighted by atomic mass is 32.2. The molecule has 0 spiro atoms. The fourth-order valence-corrected chi connectivity index (χ4v) is 3.96. The minimum atomic E-state index is -0.601. The van der Waals surface area contributed by atoms with E-state index in [-0.39, 0.29) is 24.0 Å². The van der Waals surface area contributed by atoms with Gasteiger partial charge in [-0.05, 0) is 29.8 Å². The molecule has 1 aliphatic heterocycles. The summed E-state index contributed by atoms with van der Waals surface area (Å²) in [5, 5.41) is 5.79. The van der Waals surface area contributed by atoms with Crippen molar-refractivity contribution in [1.82, 2.24) is 14.9 Å². The van der Waals surface area contributed by atoms with Crippen LogP contribution in [0.2, 0.25) is 0 Å². The number of anilines is 1. The molecule has 1 aromatic heterocycles. The lowest BCUT2D eigenvalue weighted by atomic mass is 10.2. The zero-order valence-electron chi connectivity index (χ0n) is 18.5. The first-order chi connectivity index (χ1) is 16.5. The van der Waals surface area contributed by atoms with Crippen LogP contribution in [0.5, 0.6) is 17.2 Å². The molecular weight excluding hydrogens is 460 g/mol. The molecule has 10 nitrogen and oxygen atoms in total. The Morgan fingerprint density at radius 1 is 1.18 bits per heavy atom. The van der Waals surface area contributed by atoms with Crippen molar-refractivity contribution >= 4 is 29.3 Å². The summed E-state index contributed by atoms with van der Waals surface area (Å²) in [6.07, 6.45) is 1.21. The molecule has 0 bridgehead atoms. The van der Waals surface area contributed by atoms with Crippen LogP contribution in [-0.2, 0) is 18.4 Å². The average Bonchev–Trinajstić information content (AvgIpc) is 3.32. The lowest BCUT2D eigenvalue weighted by Gasteiger charge is -2.11. The molecule has 0 atom stereocenters. The molecule has 0 radical (unpaired) electrons. The van der Waals surface area contributed by atoms with E-state index < -0.39 is 11.5 Å². The predicted molar refractivity (Wildman–Crippen MR) is 126 cm³/mol. The van der Waals surface area contributed by atoms with Crippen LogP contribution in [0, 0.1) is 0 Å². The van der Waals surface area contributed by atoms with E-state index >= 15 is 0 Å². The summed E-state index contributed by atoms with van der Waals surface area (Å²) in [4.78, 5) is 41.8. The van der Waals surface area contributed by atoms with Crippen molar-refractivity contribution in [3.8, 4) is 17.2 Å². The quantitative estimate of drug-likeness (QED) is 0.370. The maximum Gasteiger partial charge on any atom is 0.266 e. The number of carbonyl (C=O) groups excluding carboxylic acids is 2. The number of ether oxygens (including phenoxy) is 3. The molecule has 11 heteroatoms. The number of thioether (sulfide) groups is 1. The van der Waals surface area contributed by atoms with Crippen LogP contribution < -0.4 is 30.4 Å². The Morgan fingerprint density at radius 2 is 1.97 bits per heavy atom. The average molecular weight is 483 g/mol. The van der Waals surface area contributed by atoms with E-state index in [1.807, 2.05) is 12.1 Å². The summed E-state index contributed by atoms with van der Waals surface area (Å²) in [6, 6.07) is 12.3. The van der Waals surface area contributed by atoms with Crippen molar-refractivity contribution < 1.29 is 23.8 Å². The summed E-state index contributed by atoms with van der Waals surface area (Å²) in [5.74, 6) is 1.02. The van der Waals surface area contributed by atoms with Gasteiger partial charge in [-0.25, -0.2) is 4.98 Å². The van der Waals surface area contributed by atoms with Crippen LogP contribution in [-0.4, -0.2) is 41.0 Å². The zero-order chi connectivity index (χ0) is 24.1. The Morgan fingerprint density at radius 3 is 2.79 bits per heavy atom. The standard InChI is InChI=1S/C23H22N4O6S/c1-27-22(30)15(21(29)26-16-5-3-4-6-17(16)31-2)11-25-23(27)34-12-20(28)24-10-14-7-8-18-19(9-14)33-13-32-18/h3-9,11H,10,12-13H2,1-2H3,(H,24,28)(H,26,29). The molecule has 1 aliphatic rings. The Bertz CT molecular complexity index is 1290. The van der Waals surface area contributed by atoms with Gasteiger partial charge in [0.05, 0.1) is 18.6 Å². The van der Waals surface area contributed by atoms with Crippen molar-refractivity contribution in [3.05, 3.63) is 70.1 Å². The van der Waals surface area contributed by atoms with E-state index in [0.29, 0.717) is 34.6 Å². The number of methoxy groups -OCH3 is 1. The fourth-order valence-electron chi connectivity index (χ4n) is 3.19. The molecule has 34 heavy (non-hydrogen) atoms. The summed E-state index contributed by atoms with van der Waals surface area (Å²) < 4.78 is 17.1. The molecule has 2 amide bonds. The van der Waals surface area contributed by atoms with E-state index in [9.17, 15) is 14.4 Å². The van der Waals surface area contributed by atoms with E-state index in [1.54, 1.807) is 30.3 Å². The minimum absolute atomic E-state index is 0.0532. The lowest BCUT2D eigenvalue weighted by molar-refractivity contribution is -0.118. The molecule has 2 heterocycles. The molecule has 0 aliphatic carbocycles. The van der Waals surface area contributed by atoms with Crippen LogP contribution in [0.25, 0.3) is 0 Å². The monoisotopic (exact) mass is 482 g/mol. The Balaban J connectivity index is 1.35. The van der Waals surface area contributed by atoms with Crippen molar-refractivity contribution in [1.29, 1.82) is 0 Å². The largest absolute Gasteiger partial charge is 0.495 e. The normalized spacial score (nSPS) is 11.7. The van der Waals surface area contributed by atoms with Gasteiger partial charge in [-0.3, -0.25) is 19.0 Å². The van der Waals surface area contributed by atoms with Gasteiger partial charge < -0.3 is 24.8 Å². The number of rotatable bonds is 8. The molecule has 0 fully saturated rings. The molecule has 0 saturated heterocycles. The number of hydrogen-bond acceptors (Lipinski definition) is 8. The predicted octanol–water partition coefficient (Wildman–Crippen LogP) is 2.18. The highest BCUT2D eigenvalue weighted by Gasteiger charge is 2.17. The van der Waals surface area contributed by atoms with E-state index in [1.165, 1.54) is 24.9 Å². The van der Waals surface area contributed by atoms with Gasteiger partial charge in [0, 0.05) is 19.8 Å². The van der Waals surface area contributed by atoms with Gasteiger partial charge in [-0.1, -0.05) is 30.0 Å². The topological polar surface area (TPSA) is 121 Å². The Labute approximate surface area is 199 Å². The van der Waals surface area contributed by atoms with Crippen LogP contribution in [0.4, 0.5) is 5.69 Å². The summed E-state index contributed by atoms with van der Waals surface area (Å²) in [5.41, 5.74) is 0.670. The van der Waals surface area contributed by atoms with E-state index in [2.05, 4.69) is 15.6 Å². The van der Waals surface area contributed by atoms with Crippen LogP contribution in [0.1, 0.15) is 15.9 Å². The maximum absolute atomic E-state index is 12.7. The number of nitrogens with zero attached hydrogens (tertiary/aromatic N) is 2. The third-order valence-electron chi connectivity index (χ3n) is 4.98. The number of fused-ring (bicyclic) bond motifs is 1.